The van der Waals surface area contributed by atoms with Gasteiger partial charge in [0.25, 0.3) is 5.91 Å². The molecule has 98 valence electrons. The highest BCUT2D eigenvalue weighted by molar-refractivity contribution is 6.07. The van der Waals surface area contributed by atoms with Crippen molar-refractivity contribution >= 4 is 23.6 Å². The Kier molecular flexibility index (Phi) is 3.06. The number of rotatable bonds is 2. The zero-order chi connectivity index (χ0) is 13.3. The van der Waals surface area contributed by atoms with Gasteiger partial charge < -0.3 is 10.2 Å². The van der Waals surface area contributed by atoms with E-state index in [9.17, 15) is 19.2 Å². The highest BCUT2D eigenvalue weighted by Crippen LogP contribution is 2.25. The molecule has 1 spiro atoms. The molecule has 2 rings (SSSR count). The van der Waals surface area contributed by atoms with E-state index >= 15 is 0 Å². The van der Waals surface area contributed by atoms with Crippen LogP contribution in [0.15, 0.2) is 0 Å². The summed E-state index contributed by atoms with van der Waals surface area (Å²) in [6.07, 6.45) is 0.661. The largest absolute Gasteiger partial charge is 0.342 e. The van der Waals surface area contributed by atoms with Gasteiger partial charge in [0, 0.05) is 13.1 Å². The Hall–Kier alpha value is -1.92. The van der Waals surface area contributed by atoms with Crippen LogP contribution in [-0.2, 0) is 14.4 Å². The SMILES string of the molecule is CC(=O)CC(=O)N1CCC2(CC1)NC(=O)NC2=O. The second-order valence-electron chi connectivity index (χ2n) is 4.75. The van der Waals surface area contributed by atoms with Gasteiger partial charge in [0.05, 0.1) is 6.42 Å². The maximum Gasteiger partial charge on any atom is 0.322 e. The minimum atomic E-state index is -0.871. The van der Waals surface area contributed by atoms with Crippen LogP contribution in [0.25, 0.3) is 0 Å². The fraction of sp³-hybridized carbons (Fsp3) is 0.636. The zero-order valence-corrected chi connectivity index (χ0v) is 10.1. The third kappa shape index (κ3) is 2.20. The van der Waals surface area contributed by atoms with Crippen molar-refractivity contribution in [3.63, 3.8) is 0 Å². The van der Waals surface area contributed by atoms with E-state index < -0.39 is 11.6 Å². The van der Waals surface area contributed by atoms with Crippen molar-refractivity contribution in [2.24, 2.45) is 0 Å². The highest BCUT2D eigenvalue weighted by atomic mass is 16.2. The maximum absolute atomic E-state index is 11.7. The molecule has 0 aromatic heterocycles. The van der Waals surface area contributed by atoms with Crippen molar-refractivity contribution in [2.45, 2.75) is 31.7 Å². The maximum atomic E-state index is 11.7. The number of piperidine rings is 1. The molecule has 7 heteroatoms. The second-order valence-corrected chi connectivity index (χ2v) is 4.75. The first-order valence-corrected chi connectivity index (χ1v) is 5.84. The Labute approximate surface area is 104 Å². The minimum absolute atomic E-state index is 0.106. The molecule has 7 nitrogen and oxygen atoms in total. The molecule has 2 heterocycles. The summed E-state index contributed by atoms with van der Waals surface area (Å²) in [7, 11) is 0. The number of nitrogens with zero attached hydrogens (tertiary/aromatic N) is 1. The van der Waals surface area contributed by atoms with E-state index in [0.29, 0.717) is 25.9 Å². The van der Waals surface area contributed by atoms with Crippen molar-refractivity contribution < 1.29 is 19.2 Å². The van der Waals surface area contributed by atoms with Gasteiger partial charge in [0.15, 0.2) is 0 Å². The Morgan fingerprint density at radius 1 is 1.28 bits per heavy atom. The molecule has 2 aliphatic rings. The molecule has 0 aromatic carbocycles. The first kappa shape index (κ1) is 12.5. The van der Waals surface area contributed by atoms with Crippen LogP contribution in [0.5, 0.6) is 0 Å². The molecule has 2 aliphatic heterocycles. The van der Waals surface area contributed by atoms with Gasteiger partial charge in [-0.15, -0.1) is 0 Å². The average molecular weight is 253 g/mol. The molecule has 18 heavy (non-hydrogen) atoms. The van der Waals surface area contributed by atoms with Crippen molar-refractivity contribution in [1.82, 2.24) is 15.5 Å². The summed E-state index contributed by atoms with van der Waals surface area (Å²) in [6, 6.07) is -0.483. The molecule has 2 N–H and O–H groups in total. The smallest absolute Gasteiger partial charge is 0.322 e. The zero-order valence-electron chi connectivity index (χ0n) is 10.1. The number of carbonyl (C=O) groups excluding carboxylic acids is 4. The van der Waals surface area contributed by atoms with Crippen LogP contribution in [-0.4, -0.2) is 47.2 Å². The van der Waals surface area contributed by atoms with E-state index in [-0.39, 0.29) is 24.0 Å². The molecule has 0 aromatic rings. The van der Waals surface area contributed by atoms with Crippen LogP contribution in [0.1, 0.15) is 26.2 Å². The molecule has 0 bridgehead atoms. The number of likely N-dealkylation sites (tertiary alicyclic amines) is 1. The predicted octanol–water partition coefficient (Wildman–Crippen LogP) is -0.834. The monoisotopic (exact) mass is 253 g/mol. The van der Waals surface area contributed by atoms with E-state index in [4.69, 9.17) is 0 Å². The third-order valence-electron chi connectivity index (χ3n) is 3.38. The Morgan fingerprint density at radius 3 is 2.33 bits per heavy atom. The molecule has 0 atom stereocenters. The third-order valence-corrected chi connectivity index (χ3v) is 3.38. The van der Waals surface area contributed by atoms with Gasteiger partial charge in [-0.2, -0.15) is 0 Å². The summed E-state index contributed by atoms with van der Waals surface area (Å²) < 4.78 is 0. The Balaban J connectivity index is 1.96. The van der Waals surface area contributed by atoms with E-state index in [2.05, 4.69) is 10.6 Å². The number of ketones is 1. The van der Waals surface area contributed by atoms with Crippen LogP contribution < -0.4 is 10.6 Å². The normalized spacial score (nSPS) is 21.7. The molecule has 2 saturated heterocycles. The van der Waals surface area contributed by atoms with E-state index in [1.807, 2.05) is 0 Å². The first-order valence-electron chi connectivity index (χ1n) is 5.84. The number of carbonyl (C=O) groups is 4. The Morgan fingerprint density at radius 2 is 1.89 bits per heavy atom. The summed E-state index contributed by atoms with van der Waals surface area (Å²) in [5, 5.41) is 4.82. The Bertz CT molecular complexity index is 424. The number of urea groups is 1. The molecule has 0 radical (unpaired) electrons. The van der Waals surface area contributed by atoms with Crippen LogP contribution in [0.3, 0.4) is 0 Å². The van der Waals surface area contributed by atoms with Gasteiger partial charge >= 0.3 is 6.03 Å². The first-order chi connectivity index (χ1) is 8.43. The number of nitrogens with one attached hydrogen (secondary N) is 2. The molecular formula is C11H15N3O4. The molecule has 0 unspecified atom stereocenters. The van der Waals surface area contributed by atoms with Gasteiger partial charge in [-0.1, -0.05) is 0 Å². The topological polar surface area (TPSA) is 95.6 Å². The van der Waals surface area contributed by atoms with Crippen molar-refractivity contribution in [2.75, 3.05) is 13.1 Å². The second kappa shape index (κ2) is 4.40. The summed E-state index contributed by atoms with van der Waals surface area (Å²) in [5.41, 5.74) is -0.871. The molecular weight excluding hydrogens is 238 g/mol. The number of hydrogen-bond acceptors (Lipinski definition) is 4. The summed E-state index contributed by atoms with van der Waals surface area (Å²) in [6.45, 7) is 2.12. The van der Waals surface area contributed by atoms with E-state index in [1.54, 1.807) is 4.90 Å². The number of amides is 4. The molecule has 0 saturated carbocycles. The van der Waals surface area contributed by atoms with Crippen LogP contribution in [0.4, 0.5) is 4.79 Å². The fourth-order valence-electron chi connectivity index (χ4n) is 2.34. The van der Waals surface area contributed by atoms with Crippen molar-refractivity contribution in [3.05, 3.63) is 0 Å². The number of imide groups is 1. The van der Waals surface area contributed by atoms with Gasteiger partial charge in [-0.05, 0) is 19.8 Å². The summed E-state index contributed by atoms with van der Waals surface area (Å²) in [4.78, 5) is 46.9. The van der Waals surface area contributed by atoms with Crippen molar-refractivity contribution in [1.29, 1.82) is 0 Å². The van der Waals surface area contributed by atoms with Gasteiger partial charge in [-0.25, -0.2) is 4.79 Å². The quantitative estimate of drug-likeness (QED) is 0.496. The lowest BCUT2D eigenvalue weighted by atomic mass is 9.87. The minimum Gasteiger partial charge on any atom is -0.342 e. The number of Topliss-reactive ketones (excluding diaryl/α,β-unsaturated/α-hetero) is 1. The predicted molar refractivity (Wildman–Crippen MR) is 60.5 cm³/mol. The molecule has 0 aliphatic carbocycles. The van der Waals surface area contributed by atoms with Crippen molar-refractivity contribution in [3.8, 4) is 0 Å². The van der Waals surface area contributed by atoms with Gasteiger partial charge in [0.1, 0.15) is 11.3 Å². The standard InChI is InChI=1S/C11H15N3O4/c1-7(15)6-8(16)14-4-2-11(3-5-14)9(17)12-10(18)13-11/h2-6H2,1H3,(H2,12,13,17,18). The number of hydrogen-bond donors (Lipinski definition) is 2. The summed E-state index contributed by atoms with van der Waals surface area (Å²) >= 11 is 0. The average Bonchev–Trinajstić information content (AvgIpc) is 2.53. The molecule has 4 amide bonds. The van der Waals surface area contributed by atoms with Gasteiger partial charge in [0.2, 0.25) is 5.91 Å². The van der Waals surface area contributed by atoms with Gasteiger partial charge in [-0.3, -0.25) is 19.7 Å². The highest BCUT2D eigenvalue weighted by Gasteiger charge is 2.48. The summed E-state index contributed by atoms with van der Waals surface area (Å²) in [5.74, 6) is -0.722. The lowest BCUT2D eigenvalue weighted by Gasteiger charge is -2.36. The molecule has 2 fully saturated rings. The van der Waals surface area contributed by atoms with E-state index in [0.717, 1.165) is 0 Å². The lowest BCUT2D eigenvalue weighted by molar-refractivity contribution is -0.138. The lowest BCUT2D eigenvalue weighted by Crippen LogP contribution is -2.55. The van der Waals surface area contributed by atoms with Crippen LogP contribution in [0, 0.1) is 0 Å². The fourth-order valence-corrected chi connectivity index (χ4v) is 2.34. The van der Waals surface area contributed by atoms with Crippen LogP contribution >= 0.6 is 0 Å². The van der Waals surface area contributed by atoms with Crippen LogP contribution in [0.2, 0.25) is 0 Å². The van der Waals surface area contributed by atoms with E-state index in [1.165, 1.54) is 6.92 Å².